The maximum Gasteiger partial charge on any atom is 0.404 e. The highest BCUT2D eigenvalue weighted by molar-refractivity contribution is 7.17. The summed E-state index contributed by atoms with van der Waals surface area (Å²) in [6.07, 6.45) is -0.705. The van der Waals surface area contributed by atoms with Crippen LogP contribution in [0.25, 0.3) is 10.1 Å². The molecule has 2 rings (SSSR count). The Labute approximate surface area is 107 Å². The van der Waals surface area contributed by atoms with Gasteiger partial charge in [-0.2, -0.15) is 0 Å². The SMILES string of the molecule is COc1c(CCNC(=O)O)cc2ccsc2c1F. The van der Waals surface area contributed by atoms with Gasteiger partial charge in [0.05, 0.1) is 11.8 Å². The van der Waals surface area contributed by atoms with E-state index in [2.05, 4.69) is 5.32 Å². The molecule has 18 heavy (non-hydrogen) atoms. The number of rotatable bonds is 4. The summed E-state index contributed by atoms with van der Waals surface area (Å²) in [7, 11) is 1.41. The van der Waals surface area contributed by atoms with Crippen LogP contribution >= 0.6 is 11.3 Å². The summed E-state index contributed by atoms with van der Waals surface area (Å²) in [5, 5.41) is 13.4. The molecular weight excluding hydrogens is 257 g/mol. The molecule has 0 aliphatic heterocycles. The molecule has 0 fully saturated rings. The van der Waals surface area contributed by atoms with Crippen LogP contribution in [0.5, 0.6) is 5.75 Å². The predicted molar refractivity (Wildman–Crippen MR) is 68.1 cm³/mol. The van der Waals surface area contributed by atoms with Crippen molar-refractivity contribution < 1.29 is 19.0 Å². The molecule has 0 aliphatic carbocycles. The fraction of sp³-hybridized carbons (Fsp3) is 0.250. The lowest BCUT2D eigenvalue weighted by Crippen LogP contribution is -2.23. The van der Waals surface area contributed by atoms with Crippen LogP contribution < -0.4 is 10.1 Å². The molecule has 1 heterocycles. The first-order chi connectivity index (χ1) is 8.63. The van der Waals surface area contributed by atoms with Gasteiger partial charge in [0.2, 0.25) is 0 Å². The number of ether oxygens (including phenoxy) is 1. The Balaban J connectivity index is 2.32. The second-order valence-corrected chi connectivity index (χ2v) is 4.62. The molecule has 0 spiro atoms. The summed E-state index contributed by atoms with van der Waals surface area (Å²) in [6, 6.07) is 3.66. The molecule has 2 N–H and O–H groups in total. The highest BCUT2D eigenvalue weighted by Crippen LogP contribution is 2.33. The van der Waals surface area contributed by atoms with E-state index in [1.54, 1.807) is 0 Å². The molecule has 0 atom stereocenters. The van der Waals surface area contributed by atoms with E-state index in [1.165, 1.54) is 18.4 Å². The van der Waals surface area contributed by atoms with Crippen molar-refractivity contribution in [2.24, 2.45) is 0 Å². The quantitative estimate of drug-likeness (QED) is 0.897. The van der Waals surface area contributed by atoms with Crippen LogP contribution in [0.1, 0.15) is 5.56 Å². The normalized spacial score (nSPS) is 10.6. The number of benzene rings is 1. The third kappa shape index (κ3) is 2.38. The first kappa shape index (κ1) is 12.6. The second kappa shape index (κ2) is 5.22. The minimum absolute atomic E-state index is 0.192. The largest absolute Gasteiger partial charge is 0.493 e. The first-order valence-electron chi connectivity index (χ1n) is 5.33. The van der Waals surface area contributed by atoms with Crippen LogP contribution in [0.2, 0.25) is 0 Å². The van der Waals surface area contributed by atoms with Crippen molar-refractivity contribution in [3.63, 3.8) is 0 Å². The second-order valence-electron chi connectivity index (χ2n) is 3.70. The van der Waals surface area contributed by atoms with Crippen molar-refractivity contribution in [1.29, 1.82) is 0 Å². The summed E-state index contributed by atoms with van der Waals surface area (Å²) in [4.78, 5) is 10.4. The molecule has 1 aromatic heterocycles. The van der Waals surface area contributed by atoms with Crippen LogP contribution in [0.3, 0.4) is 0 Å². The lowest BCUT2D eigenvalue weighted by atomic mass is 10.1. The fourth-order valence-electron chi connectivity index (χ4n) is 1.82. The number of nitrogens with one attached hydrogen (secondary N) is 1. The number of halogens is 1. The number of fused-ring (bicyclic) bond motifs is 1. The smallest absolute Gasteiger partial charge is 0.404 e. The van der Waals surface area contributed by atoms with Gasteiger partial charge in [0.15, 0.2) is 11.6 Å². The van der Waals surface area contributed by atoms with Crippen LogP contribution in [-0.2, 0) is 6.42 Å². The maximum atomic E-state index is 14.1. The minimum Gasteiger partial charge on any atom is -0.493 e. The monoisotopic (exact) mass is 269 g/mol. The zero-order valence-corrected chi connectivity index (χ0v) is 10.5. The average Bonchev–Trinajstić information content (AvgIpc) is 2.77. The lowest BCUT2D eigenvalue weighted by Gasteiger charge is -2.10. The molecule has 0 aliphatic rings. The zero-order chi connectivity index (χ0) is 13.1. The average molecular weight is 269 g/mol. The van der Waals surface area contributed by atoms with Gasteiger partial charge >= 0.3 is 6.09 Å². The van der Waals surface area contributed by atoms with Crippen molar-refractivity contribution in [2.75, 3.05) is 13.7 Å². The summed E-state index contributed by atoms with van der Waals surface area (Å²) in [5.41, 5.74) is 0.662. The van der Waals surface area contributed by atoms with Gasteiger partial charge in [0.1, 0.15) is 0 Å². The van der Waals surface area contributed by atoms with Gasteiger partial charge in [-0.25, -0.2) is 9.18 Å². The Morgan fingerprint density at radius 1 is 1.61 bits per heavy atom. The van der Waals surface area contributed by atoms with Gasteiger partial charge in [-0.1, -0.05) is 0 Å². The highest BCUT2D eigenvalue weighted by Gasteiger charge is 2.15. The van der Waals surface area contributed by atoms with E-state index in [0.29, 0.717) is 16.7 Å². The molecule has 0 saturated heterocycles. The van der Waals surface area contributed by atoms with Gasteiger partial charge in [-0.05, 0) is 34.9 Å². The molecule has 1 aromatic carbocycles. The predicted octanol–water partition coefficient (Wildman–Crippen LogP) is 2.86. The Morgan fingerprint density at radius 3 is 3.06 bits per heavy atom. The summed E-state index contributed by atoms with van der Waals surface area (Å²) < 4.78 is 19.7. The Hall–Kier alpha value is -1.82. The summed E-state index contributed by atoms with van der Waals surface area (Å²) >= 11 is 1.32. The lowest BCUT2D eigenvalue weighted by molar-refractivity contribution is 0.194. The van der Waals surface area contributed by atoms with Crippen molar-refractivity contribution >= 4 is 27.5 Å². The van der Waals surface area contributed by atoms with Gasteiger partial charge in [0.25, 0.3) is 0 Å². The molecule has 2 aromatic rings. The van der Waals surface area contributed by atoms with E-state index in [-0.39, 0.29) is 18.1 Å². The Bertz CT molecular complexity index is 582. The molecule has 4 nitrogen and oxygen atoms in total. The highest BCUT2D eigenvalue weighted by atomic mass is 32.1. The Morgan fingerprint density at radius 2 is 2.39 bits per heavy atom. The first-order valence-corrected chi connectivity index (χ1v) is 6.21. The van der Waals surface area contributed by atoms with Crippen LogP contribution in [0.4, 0.5) is 9.18 Å². The molecule has 0 saturated carbocycles. The van der Waals surface area contributed by atoms with Gasteiger partial charge < -0.3 is 15.2 Å². The summed E-state index contributed by atoms with van der Waals surface area (Å²) in [5.74, 6) is -0.188. The molecule has 0 unspecified atom stereocenters. The number of hydrogen-bond donors (Lipinski definition) is 2. The molecule has 1 amide bonds. The third-order valence-corrected chi connectivity index (χ3v) is 3.51. The molecule has 0 bridgehead atoms. The minimum atomic E-state index is -1.09. The maximum absolute atomic E-state index is 14.1. The van der Waals surface area contributed by atoms with Crippen molar-refractivity contribution in [3.8, 4) is 5.75 Å². The standard InChI is InChI=1S/C12H12FNO3S/c1-17-10-7(2-4-14-12(15)16)6-8-3-5-18-11(8)9(10)13/h3,5-6,14H,2,4H2,1H3,(H,15,16). The third-order valence-electron chi connectivity index (χ3n) is 2.59. The van der Waals surface area contributed by atoms with Crippen molar-refractivity contribution in [2.45, 2.75) is 6.42 Å². The molecule has 96 valence electrons. The number of thiophene rings is 1. The zero-order valence-electron chi connectivity index (χ0n) is 9.70. The topological polar surface area (TPSA) is 58.6 Å². The van der Waals surface area contributed by atoms with E-state index in [9.17, 15) is 9.18 Å². The van der Waals surface area contributed by atoms with Crippen molar-refractivity contribution in [1.82, 2.24) is 5.32 Å². The van der Waals surface area contributed by atoms with Gasteiger partial charge in [-0.3, -0.25) is 0 Å². The number of hydrogen-bond acceptors (Lipinski definition) is 3. The fourth-order valence-corrected chi connectivity index (χ4v) is 2.63. The molecular formula is C12H12FNO3S. The molecule has 6 heteroatoms. The summed E-state index contributed by atoms with van der Waals surface area (Å²) in [6.45, 7) is 0.223. The van der Waals surface area contributed by atoms with E-state index >= 15 is 0 Å². The van der Waals surface area contributed by atoms with E-state index < -0.39 is 6.09 Å². The number of methoxy groups -OCH3 is 1. The van der Waals surface area contributed by atoms with Crippen molar-refractivity contribution in [3.05, 3.63) is 28.9 Å². The van der Waals surface area contributed by atoms with E-state index in [1.807, 2.05) is 17.5 Å². The van der Waals surface area contributed by atoms with Crippen LogP contribution in [0, 0.1) is 5.82 Å². The van der Waals surface area contributed by atoms with Gasteiger partial charge in [-0.15, -0.1) is 11.3 Å². The van der Waals surface area contributed by atoms with Crippen LogP contribution in [0.15, 0.2) is 17.5 Å². The van der Waals surface area contributed by atoms with E-state index in [4.69, 9.17) is 9.84 Å². The van der Waals surface area contributed by atoms with E-state index in [0.717, 1.165) is 5.39 Å². The Kier molecular flexibility index (Phi) is 3.66. The number of carbonyl (C=O) groups is 1. The van der Waals surface area contributed by atoms with Gasteiger partial charge in [0, 0.05) is 6.54 Å². The molecule has 0 radical (unpaired) electrons. The number of carboxylic acid groups (broad SMARTS) is 1. The number of amides is 1. The van der Waals surface area contributed by atoms with Crippen LogP contribution in [-0.4, -0.2) is 24.9 Å².